The van der Waals surface area contributed by atoms with E-state index in [0.717, 1.165) is 29.9 Å². The Labute approximate surface area is 125 Å². The van der Waals surface area contributed by atoms with Crippen molar-refractivity contribution in [3.05, 3.63) is 48.2 Å². The first kappa shape index (κ1) is 13.9. The van der Waals surface area contributed by atoms with Crippen molar-refractivity contribution in [1.29, 1.82) is 0 Å². The van der Waals surface area contributed by atoms with Crippen molar-refractivity contribution in [2.24, 2.45) is 0 Å². The highest BCUT2D eigenvalue weighted by Gasteiger charge is 2.17. The zero-order valence-electron chi connectivity index (χ0n) is 12.2. The average Bonchev–Trinajstić information content (AvgIpc) is 3.17. The molecular weight excluding hydrogens is 262 g/mol. The quantitative estimate of drug-likeness (QED) is 0.903. The van der Waals surface area contributed by atoms with E-state index in [0.29, 0.717) is 18.9 Å². The summed E-state index contributed by atoms with van der Waals surface area (Å²) in [5.74, 6) is 1.87. The molecule has 0 spiro atoms. The minimum absolute atomic E-state index is 0.138. The summed E-state index contributed by atoms with van der Waals surface area (Å²) in [7, 11) is 0. The van der Waals surface area contributed by atoms with E-state index < -0.39 is 0 Å². The number of carbonyl (C=O) groups is 1. The maximum atomic E-state index is 11.9. The summed E-state index contributed by atoms with van der Waals surface area (Å²) >= 11 is 0. The Morgan fingerprint density at radius 1 is 1.10 bits per heavy atom. The van der Waals surface area contributed by atoms with Gasteiger partial charge < -0.3 is 9.73 Å². The van der Waals surface area contributed by atoms with E-state index in [1.165, 1.54) is 12.8 Å². The number of rotatable bonds is 5. The molecule has 1 heterocycles. The smallest absolute Gasteiger partial charge is 0.220 e. The molecule has 3 rings (SSSR count). The molecule has 3 heteroatoms. The third kappa shape index (κ3) is 3.75. The molecule has 0 bridgehead atoms. The maximum absolute atomic E-state index is 11.9. The molecule has 2 aromatic rings. The molecule has 21 heavy (non-hydrogen) atoms. The highest BCUT2D eigenvalue weighted by Crippen LogP contribution is 2.22. The fraction of sp³-hybridized carbons (Fsp3) is 0.389. The van der Waals surface area contributed by atoms with Gasteiger partial charge in [-0.15, -0.1) is 0 Å². The second-order valence-electron chi connectivity index (χ2n) is 5.68. The topological polar surface area (TPSA) is 42.2 Å². The minimum Gasteiger partial charge on any atom is -0.461 e. The van der Waals surface area contributed by atoms with Gasteiger partial charge in [-0.05, 0) is 25.0 Å². The maximum Gasteiger partial charge on any atom is 0.220 e. The molecule has 1 aliphatic rings. The van der Waals surface area contributed by atoms with Crippen molar-refractivity contribution in [3.8, 4) is 11.3 Å². The van der Waals surface area contributed by atoms with Crippen LogP contribution in [0.1, 0.15) is 37.9 Å². The van der Waals surface area contributed by atoms with Gasteiger partial charge in [-0.2, -0.15) is 0 Å². The molecular formula is C18H21NO2. The van der Waals surface area contributed by atoms with Gasteiger partial charge in [0.05, 0.1) is 0 Å². The van der Waals surface area contributed by atoms with Crippen LogP contribution in [0.3, 0.4) is 0 Å². The third-order valence-corrected chi connectivity index (χ3v) is 4.04. The number of furan rings is 1. The molecule has 0 atom stereocenters. The van der Waals surface area contributed by atoms with Gasteiger partial charge in [0, 0.05) is 24.4 Å². The van der Waals surface area contributed by atoms with Gasteiger partial charge in [0.25, 0.3) is 0 Å². The molecule has 1 saturated carbocycles. The molecule has 0 saturated heterocycles. The summed E-state index contributed by atoms with van der Waals surface area (Å²) in [5.41, 5.74) is 1.07. The molecule has 0 aliphatic heterocycles. The van der Waals surface area contributed by atoms with E-state index >= 15 is 0 Å². The zero-order chi connectivity index (χ0) is 14.5. The van der Waals surface area contributed by atoms with Crippen LogP contribution in [0.15, 0.2) is 46.9 Å². The number of carbonyl (C=O) groups excluding carboxylic acids is 1. The Balaban J connectivity index is 1.51. The number of aryl methyl sites for hydroxylation is 1. The molecule has 1 aromatic heterocycles. The van der Waals surface area contributed by atoms with Crippen LogP contribution < -0.4 is 5.32 Å². The van der Waals surface area contributed by atoms with Crippen LogP contribution in [0.25, 0.3) is 11.3 Å². The van der Waals surface area contributed by atoms with Gasteiger partial charge >= 0.3 is 0 Å². The van der Waals surface area contributed by atoms with Crippen LogP contribution in [0.5, 0.6) is 0 Å². The molecule has 1 amide bonds. The third-order valence-electron chi connectivity index (χ3n) is 4.04. The number of nitrogens with one attached hydrogen (secondary N) is 1. The van der Waals surface area contributed by atoms with Gasteiger partial charge in [-0.1, -0.05) is 43.2 Å². The lowest BCUT2D eigenvalue weighted by Crippen LogP contribution is -2.32. The minimum atomic E-state index is 0.138. The van der Waals surface area contributed by atoms with Crippen molar-refractivity contribution in [2.45, 2.75) is 44.6 Å². The van der Waals surface area contributed by atoms with Gasteiger partial charge in [0.1, 0.15) is 11.5 Å². The van der Waals surface area contributed by atoms with Crippen LogP contribution in [0.2, 0.25) is 0 Å². The van der Waals surface area contributed by atoms with Gasteiger partial charge in [0.15, 0.2) is 0 Å². The van der Waals surface area contributed by atoms with Crippen LogP contribution in [-0.4, -0.2) is 11.9 Å². The molecule has 110 valence electrons. The lowest BCUT2D eigenvalue weighted by molar-refractivity contribution is -0.121. The fourth-order valence-electron chi connectivity index (χ4n) is 2.88. The van der Waals surface area contributed by atoms with Crippen molar-refractivity contribution in [1.82, 2.24) is 5.32 Å². The van der Waals surface area contributed by atoms with Gasteiger partial charge in [-0.25, -0.2) is 0 Å². The van der Waals surface area contributed by atoms with Crippen LogP contribution >= 0.6 is 0 Å². The first-order chi connectivity index (χ1) is 10.3. The second kappa shape index (κ2) is 6.61. The van der Waals surface area contributed by atoms with Crippen molar-refractivity contribution < 1.29 is 9.21 Å². The van der Waals surface area contributed by atoms with Gasteiger partial charge in [0.2, 0.25) is 5.91 Å². The summed E-state index contributed by atoms with van der Waals surface area (Å²) in [4.78, 5) is 11.9. The van der Waals surface area contributed by atoms with E-state index in [4.69, 9.17) is 4.42 Å². The molecule has 1 N–H and O–H groups in total. The van der Waals surface area contributed by atoms with E-state index in [1.54, 1.807) is 0 Å². The summed E-state index contributed by atoms with van der Waals surface area (Å²) in [6, 6.07) is 14.4. The lowest BCUT2D eigenvalue weighted by Gasteiger charge is -2.11. The largest absolute Gasteiger partial charge is 0.461 e. The summed E-state index contributed by atoms with van der Waals surface area (Å²) in [6.45, 7) is 0. The Kier molecular flexibility index (Phi) is 4.39. The van der Waals surface area contributed by atoms with E-state index in [1.807, 2.05) is 42.5 Å². The predicted molar refractivity (Wildman–Crippen MR) is 82.9 cm³/mol. The van der Waals surface area contributed by atoms with Crippen molar-refractivity contribution in [2.75, 3.05) is 0 Å². The lowest BCUT2D eigenvalue weighted by atomic mass is 10.2. The molecule has 1 aliphatic carbocycles. The summed E-state index contributed by atoms with van der Waals surface area (Å²) in [6.07, 6.45) is 5.89. The Hall–Kier alpha value is -2.03. The van der Waals surface area contributed by atoms with Crippen molar-refractivity contribution in [3.63, 3.8) is 0 Å². The SMILES string of the molecule is O=C(CCc1ccc(-c2ccccc2)o1)NC1CCCC1. The first-order valence-electron chi connectivity index (χ1n) is 7.75. The van der Waals surface area contributed by atoms with Crippen LogP contribution in [0.4, 0.5) is 0 Å². The molecule has 1 fully saturated rings. The standard InChI is InChI=1S/C18H21NO2/c20-18(19-15-8-4-5-9-15)13-11-16-10-12-17(21-16)14-6-2-1-3-7-14/h1-3,6-7,10,12,15H,4-5,8-9,11,13H2,(H,19,20). The zero-order valence-corrected chi connectivity index (χ0v) is 12.2. The normalized spacial score (nSPS) is 15.2. The molecule has 0 radical (unpaired) electrons. The Morgan fingerprint density at radius 2 is 1.86 bits per heavy atom. The number of hydrogen-bond acceptors (Lipinski definition) is 2. The number of amides is 1. The predicted octanol–water partition coefficient (Wildman–Crippen LogP) is 3.94. The Morgan fingerprint density at radius 3 is 2.62 bits per heavy atom. The highest BCUT2D eigenvalue weighted by molar-refractivity contribution is 5.76. The first-order valence-corrected chi connectivity index (χ1v) is 7.75. The molecule has 1 aromatic carbocycles. The van der Waals surface area contributed by atoms with E-state index in [2.05, 4.69) is 5.32 Å². The monoisotopic (exact) mass is 283 g/mol. The summed E-state index contributed by atoms with van der Waals surface area (Å²) in [5, 5.41) is 3.11. The average molecular weight is 283 g/mol. The van der Waals surface area contributed by atoms with Crippen LogP contribution in [-0.2, 0) is 11.2 Å². The molecule has 3 nitrogen and oxygen atoms in total. The van der Waals surface area contributed by atoms with Crippen LogP contribution in [0, 0.1) is 0 Å². The fourth-order valence-corrected chi connectivity index (χ4v) is 2.88. The highest BCUT2D eigenvalue weighted by atomic mass is 16.3. The second-order valence-corrected chi connectivity index (χ2v) is 5.68. The number of hydrogen-bond donors (Lipinski definition) is 1. The van der Waals surface area contributed by atoms with Crippen molar-refractivity contribution >= 4 is 5.91 Å². The summed E-state index contributed by atoms with van der Waals surface area (Å²) < 4.78 is 5.81. The molecule has 0 unspecified atom stereocenters. The number of benzene rings is 1. The van der Waals surface area contributed by atoms with E-state index in [9.17, 15) is 4.79 Å². The van der Waals surface area contributed by atoms with E-state index in [-0.39, 0.29) is 5.91 Å². The Bertz CT molecular complexity index is 582. The van der Waals surface area contributed by atoms with Gasteiger partial charge in [-0.3, -0.25) is 4.79 Å².